The Kier molecular flexibility index (Phi) is 11.8. The first-order chi connectivity index (χ1) is 7.41. The van der Waals surface area contributed by atoms with Crippen LogP contribution in [0.25, 0.3) is 0 Å². The molecule has 0 aliphatic heterocycles. The lowest BCUT2D eigenvalue weighted by Crippen LogP contribution is -2.24. The van der Waals surface area contributed by atoms with E-state index in [2.05, 4.69) is 41.5 Å². The van der Waals surface area contributed by atoms with Crippen LogP contribution in [0.15, 0.2) is 0 Å². The smallest absolute Gasteiger partial charge is 0.475 e. The molecule has 0 bridgehead atoms. The second-order valence-corrected chi connectivity index (χ2v) is 10.3. The average molecular weight is 290 g/mol. The Morgan fingerprint density at radius 1 is 0.944 bits per heavy atom. The van der Waals surface area contributed by atoms with Crippen molar-refractivity contribution < 1.29 is 28.5 Å². The van der Waals surface area contributed by atoms with E-state index in [1.807, 2.05) is 0 Å². The zero-order valence-corrected chi connectivity index (χ0v) is 13.0. The van der Waals surface area contributed by atoms with E-state index in [-0.39, 0.29) is 5.48 Å². The van der Waals surface area contributed by atoms with Crippen LogP contribution in [0.1, 0.15) is 41.5 Å². The van der Waals surface area contributed by atoms with Gasteiger partial charge >= 0.3 is 12.1 Å². The standard InChI is InChI=1S/C9H22Si.C2HF3O2.H2O/c1-7(2)10(8(3)4)9(5)6;3-2(4,5)1(6)7;/h7-10H,1-6H3;(H,6,7);1H2. The number of halogens is 3. The molecule has 0 aromatic carbocycles. The molecule has 0 spiro atoms. The fourth-order valence-electron chi connectivity index (χ4n) is 2.31. The monoisotopic (exact) mass is 290 g/mol. The first-order valence-corrected chi connectivity index (χ1v) is 7.71. The number of rotatable bonds is 3. The molecule has 0 saturated carbocycles. The van der Waals surface area contributed by atoms with E-state index in [9.17, 15) is 13.2 Å². The van der Waals surface area contributed by atoms with Crippen molar-refractivity contribution in [3.05, 3.63) is 0 Å². The third-order valence-electron chi connectivity index (χ3n) is 2.55. The van der Waals surface area contributed by atoms with E-state index in [1.54, 1.807) is 0 Å². The molecule has 0 aromatic rings. The normalized spacial score (nSPS) is 11.4. The van der Waals surface area contributed by atoms with Gasteiger partial charge in [0.15, 0.2) is 0 Å². The Hall–Kier alpha value is -0.563. The molecule has 18 heavy (non-hydrogen) atoms. The zero-order chi connectivity index (χ0) is 14.4. The lowest BCUT2D eigenvalue weighted by atomic mass is 10.5. The van der Waals surface area contributed by atoms with E-state index in [0.717, 1.165) is 16.6 Å². The van der Waals surface area contributed by atoms with Gasteiger partial charge in [0.25, 0.3) is 0 Å². The van der Waals surface area contributed by atoms with Crippen LogP contribution in [0.2, 0.25) is 16.6 Å². The summed E-state index contributed by atoms with van der Waals surface area (Å²) in [5, 5.41) is 7.12. The van der Waals surface area contributed by atoms with Crippen LogP contribution in [-0.4, -0.2) is 31.5 Å². The van der Waals surface area contributed by atoms with Gasteiger partial charge < -0.3 is 10.6 Å². The maximum Gasteiger partial charge on any atom is 0.490 e. The fraction of sp³-hybridized carbons (Fsp3) is 0.909. The highest BCUT2D eigenvalue weighted by Crippen LogP contribution is 2.28. The van der Waals surface area contributed by atoms with E-state index >= 15 is 0 Å². The topological polar surface area (TPSA) is 68.8 Å². The highest BCUT2D eigenvalue weighted by atomic mass is 28.3. The molecule has 0 aliphatic rings. The molecule has 0 radical (unpaired) electrons. The number of hydrogen-bond acceptors (Lipinski definition) is 1. The molecule has 0 unspecified atom stereocenters. The molecule has 0 heterocycles. The zero-order valence-electron chi connectivity index (χ0n) is 11.8. The molecule has 0 rings (SSSR count). The van der Waals surface area contributed by atoms with Crippen molar-refractivity contribution in [2.75, 3.05) is 0 Å². The largest absolute Gasteiger partial charge is 0.490 e. The maximum absolute atomic E-state index is 10.6. The van der Waals surface area contributed by atoms with Gasteiger partial charge in [0.1, 0.15) is 0 Å². The van der Waals surface area contributed by atoms with Gasteiger partial charge in [0, 0.05) is 8.80 Å². The molecule has 0 atom stereocenters. The molecule has 3 nitrogen and oxygen atoms in total. The maximum atomic E-state index is 10.6. The van der Waals surface area contributed by atoms with Crippen LogP contribution >= 0.6 is 0 Å². The van der Waals surface area contributed by atoms with Crippen molar-refractivity contribution in [1.82, 2.24) is 0 Å². The van der Waals surface area contributed by atoms with Gasteiger partial charge in [-0.2, -0.15) is 13.2 Å². The third-order valence-corrected chi connectivity index (χ3v) is 7.17. The predicted molar refractivity (Wildman–Crippen MR) is 69.7 cm³/mol. The summed E-state index contributed by atoms with van der Waals surface area (Å²) in [5.74, 6) is -2.76. The highest BCUT2D eigenvalue weighted by Gasteiger charge is 2.38. The lowest BCUT2D eigenvalue weighted by molar-refractivity contribution is -0.192. The fourth-order valence-corrected chi connectivity index (χ4v) is 6.93. The molecule has 7 heteroatoms. The average Bonchev–Trinajstić information content (AvgIpc) is 1.99. The van der Waals surface area contributed by atoms with Crippen molar-refractivity contribution in [3.8, 4) is 0 Å². The van der Waals surface area contributed by atoms with Gasteiger partial charge in [0.05, 0.1) is 0 Å². The minimum atomic E-state index is -5.08. The van der Waals surface area contributed by atoms with Crippen molar-refractivity contribution >= 4 is 14.8 Å². The number of alkyl halides is 3. The SMILES string of the molecule is CC(C)[SiH](C(C)C)C(C)C.O.O=C(O)C(F)(F)F. The number of hydrogen-bond donors (Lipinski definition) is 1. The van der Waals surface area contributed by atoms with E-state index in [1.165, 1.54) is 0 Å². The van der Waals surface area contributed by atoms with Crippen LogP contribution in [-0.2, 0) is 4.79 Å². The summed E-state index contributed by atoms with van der Waals surface area (Å²) in [5.41, 5.74) is 2.92. The third kappa shape index (κ3) is 10.6. The summed E-state index contributed by atoms with van der Waals surface area (Å²) in [6.07, 6.45) is -5.08. The number of carbonyl (C=O) groups is 1. The summed E-state index contributed by atoms with van der Waals surface area (Å²) in [6.45, 7) is 14.3. The van der Waals surface area contributed by atoms with Gasteiger partial charge in [-0.25, -0.2) is 4.79 Å². The van der Waals surface area contributed by atoms with Gasteiger partial charge in [0.2, 0.25) is 0 Å². The van der Waals surface area contributed by atoms with Crippen molar-refractivity contribution in [1.29, 1.82) is 0 Å². The minimum absolute atomic E-state index is 0. The number of carboxylic acid groups (broad SMARTS) is 1. The van der Waals surface area contributed by atoms with E-state index < -0.39 is 20.9 Å². The molecule has 0 aromatic heterocycles. The Bertz CT molecular complexity index is 209. The second kappa shape index (κ2) is 9.38. The van der Waals surface area contributed by atoms with Gasteiger partial charge in [-0.3, -0.25) is 0 Å². The quantitative estimate of drug-likeness (QED) is 0.811. The summed E-state index contributed by atoms with van der Waals surface area (Å²) in [6, 6.07) is 0. The molecule has 0 saturated heterocycles. The van der Waals surface area contributed by atoms with Gasteiger partial charge in [-0.1, -0.05) is 58.2 Å². The van der Waals surface area contributed by atoms with E-state index in [0.29, 0.717) is 0 Å². The summed E-state index contributed by atoms with van der Waals surface area (Å²) in [4.78, 5) is 8.90. The Morgan fingerprint density at radius 2 is 1.11 bits per heavy atom. The summed E-state index contributed by atoms with van der Waals surface area (Å²) in [7, 11) is -0.454. The number of carboxylic acids is 1. The van der Waals surface area contributed by atoms with Gasteiger partial charge in [-0.05, 0) is 0 Å². The Morgan fingerprint density at radius 3 is 1.11 bits per heavy atom. The Balaban J connectivity index is -0.000000251. The molecular formula is C11H25F3O3Si. The van der Waals surface area contributed by atoms with Crippen molar-refractivity contribution in [2.24, 2.45) is 0 Å². The molecule has 0 amide bonds. The summed E-state index contributed by atoms with van der Waals surface area (Å²) >= 11 is 0. The second-order valence-electron chi connectivity index (χ2n) is 5.11. The van der Waals surface area contributed by atoms with Crippen molar-refractivity contribution in [2.45, 2.75) is 64.3 Å². The predicted octanol–water partition coefficient (Wildman–Crippen LogP) is 3.25. The number of aliphatic carboxylic acids is 1. The lowest BCUT2D eigenvalue weighted by Gasteiger charge is -2.26. The van der Waals surface area contributed by atoms with Crippen LogP contribution in [0.5, 0.6) is 0 Å². The summed E-state index contributed by atoms with van der Waals surface area (Å²) < 4.78 is 31.7. The van der Waals surface area contributed by atoms with Crippen LogP contribution in [0, 0.1) is 0 Å². The molecule has 0 fully saturated rings. The molecule has 0 aliphatic carbocycles. The highest BCUT2D eigenvalue weighted by molar-refractivity contribution is 6.63. The first-order valence-electron chi connectivity index (χ1n) is 5.71. The van der Waals surface area contributed by atoms with Crippen LogP contribution in [0.4, 0.5) is 13.2 Å². The van der Waals surface area contributed by atoms with Crippen molar-refractivity contribution in [3.63, 3.8) is 0 Å². The minimum Gasteiger partial charge on any atom is -0.475 e. The molecule has 3 N–H and O–H groups in total. The Labute approximate surface area is 108 Å². The van der Waals surface area contributed by atoms with Gasteiger partial charge in [-0.15, -0.1) is 0 Å². The molecular weight excluding hydrogens is 265 g/mol. The van der Waals surface area contributed by atoms with Crippen LogP contribution < -0.4 is 0 Å². The van der Waals surface area contributed by atoms with E-state index in [4.69, 9.17) is 9.90 Å². The van der Waals surface area contributed by atoms with Crippen LogP contribution in [0.3, 0.4) is 0 Å². The molecule has 112 valence electrons. The first kappa shape index (κ1) is 22.6.